The van der Waals surface area contributed by atoms with Crippen molar-refractivity contribution in [3.05, 3.63) is 48.2 Å². The number of nitrogens with zero attached hydrogens (tertiary/aromatic N) is 5. The lowest BCUT2D eigenvalue weighted by Gasteiger charge is -2.21. The third kappa shape index (κ3) is 4.59. The summed E-state index contributed by atoms with van der Waals surface area (Å²) in [7, 11) is 2.15. The minimum absolute atomic E-state index is 0.687. The van der Waals surface area contributed by atoms with Crippen molar-refractivity contribution in [1.82, 2.24) is 20.2 Å². The number of likely N-dealkylation sites (N-methyl/N-ethyl adjacent to an activating group) is 1. The SMILES string of the molecule is CN1CCNCC1.NC1=Nc2cc(-c3ccc4ncc(N5CCCC5)nc4c3)ccc2C1. The molecule has 0 spiro atoms. The Morgan fingerprint density at radius 2 is 1.66 bits per heavy atom. The first-order valence-corrected chi connectivity index (χ1v) is 11.5. The molecule has 7 heteroatoms. The molecule has 1 aromatic heterocycles. The summed E-state index contributed by atoms with van der Waals surface area (Å²) in [5.41, 5.74) is 12.1. The van der Waals surface area contributed by atoms with Gasteiger partial charge in [0.25, 0.3) is 0 Å². The van der Waals surface area contributed by atoms with Gasteiger partial charge in [-0.25, -0.2) is 9.98 Å². The van der Waals surface area contributed by atoms with Gasteiger partial charge in [-0.3, -0.25) is 4.98 Å². The molecule has 0 bridgehead atoms. The fourth-order valence-electron chi connectivity index (χ4n) is 4.44. The van der Waals surface area contributed by atoms with Crippen molar-refractivity contribution in [3.63, 3.8) is 0 Å². The minimum atomic E-state index is 0.687. The van der Waals surface area contributed by atoms with Crippen molar-refractivity contribution in [1.29, 1.82) is 0 Å². The molecule has 2 fully saturated rings. The fraction of sp³-hybridized carbons (Fsp3) is 0.400. The van der Waals surface area contributed by atoms with E-state index >= 15 is 0 Å². The molecular formula is C25H31N7. The predicted molar refractivity (Wildman–Crippen MR) is 132 cm³/mol. The van der Waals surface area contributed by atoms with E-state index in [1.165, 1.54) is 31.5 Å². The monoisotopic (exact) mass is 429 g/mol. The smallest absolute Gasteiger partial charge is 0.147 e. The number of amidine groups is 1. The number of hydrogen-bond donors (Lipinski definition) is 2. The van der Waals surface area contributed by atoms with Gasteiger partial charge in [-0.15, -0.1) is 0 Å². The number of piperazine rings is 1. The summed E-state index contributed by atoms with van der Waals surface area (Å²) < 4.78 is 0. The molecule has 3 aliphatic heterocycles. The van der Waals surface area contributed by atoms with E-state index in [4.69, 9.17) is 10.7 Å². The molecular weight excluding hydrogens is 398 g/mol. The molecule has 0 aliphatic carbocycles. The van der Waals surface area contributed by atoms with Crippen LogP contribution in [0.1, 0.15) is 18.4 Å². The van der Waals surface area contributed by atoms with Crippen LogP contribution in [0.2, 0.25) is 0 Å². The van der Waals surface area contributed by atoms with Crippen LogP contribution in [0.5, 0.6) is 0 Å². The average Bonchev–Trinajstić information content (AvgIpc) is 3.48. The van der Waals surface area contributed by atoms with Crippen LogP contribution in [0.15, 0.2) is 47.6 Å². The van der Waals surface area contributed by atoms with Crippen LogP contribution >= 0.6 is 0 Å². The highest BCUT2D eigenvalue weighted by molar-refractivity contribution is 5.92. The lowest BCUT2D eigenvalue weighted by atomic mass is 10.0. The van der Waals surface area contributed by atoms with Gasteiger partial charge < -0.3 is 20.9 Å². The zero-order valence-electron chi connectivity index (χ0n) is 18.7. The van der Waals surface area contributed by atoms with E-state index < -0.39 is 0 Å². The summed E-state index contributed by atoms with van der Waals surface area (Å²) in [6.45, 7) is 6.89. The molecule has 3 aliphatic rings. The maximum atomic E-state index is 5.85. The Labute approximate surface area is 189 Å². The predicted octanol–water partition coefficient (Wildman–Crippen LogP) is 2.96. The van der Waals surface area contributed by atoms with Crippen LogP contribution in [-0.4, -0.2) is 67.0 Å². The second-order valence-corrected chi connectivity index (χ2v) is 8.80. The molecule has 166 valence electrons. The second-order valence-electron chi connectivity index (χ2n) is 8.80. The first kappa shape index (κ1) is 20.8. The maximum absolute atomic E-state index is 5.85. The number of rotatable bonds is 2. The standard InChI is InChI=1S/C20H19N5.C5H12N2/c21-19-11-15-4-3-13(9-17(15)23-19)14-5-6-16-18(10-14)24-20(12-22-16)25-7-1-2-8-25;1-7-4-2-6-3-5-7/h3-6,9-10,12H,1-2,7-8,11H2,(H2,21,23);6H,2-5H2,1H3. The molecule has 0 radical (unpaired) electrons. The van der Waals surface area contributed by atoms with Crippen LogP contribution in [0.3, 0.4) is 0 Å². The van der Waals surface area contributed by atoms with E-state index in [0.29, 0.717) is 5.84 Å². The number of benzene rings is 2. The minimum Gasteiger partial charge on any atom is -0.387 e. The Bertz CT molecular complexity index is 1130. The molecule has 2 aromatic carbocycles. The van der Waals surface area contributed by atoms with Crippen LogP contribution in [0.4, 0.5) is 11.5 Å². The molecule has 0 amide bonds. The third-order valence-corrected chi connectivity index (χ3v) is 6.35. The van der Waals surface area contributed by atoms with Crippen molar-refractivity contribution in [2.75, 3.05) is 51.2 Å². The van der Waals surface area contributed by atoms with Crippen LogP contribution in [0.25, 0.3) is 22.2 Å². The van der Waals surface area contributed by atoms with Gasteiger partial charge in [0.2, 0.25) is 0 Å². The quantitative estimate of drug-likeness (QED) is 0.652. The van der Waals surface area contributed by atoms with Gasteiger partial charge in [-0.2, -0.15) is 0 Å². The Kier molecular flexibility index (Phi) is 6.01. The third-order valence-electron chi connectivity index (χ3n) is 6.35. The number of hydrogen-bond acceptors (Lipinski definition) is 7. The van der Waals surface area contributed by atoms with Gasteiger partial charge in [0.1, 0.15) is 11.7 Å². The van der Waals surface area contributed by atoms with Crippen molar-refractivity contribution >= 4 is 28.4 Å². The molecule has 6 rings (SSSR count). The summed E-state index contributed by atoms with van der Waals surface area (Å²) in [4.78, 5) is 18.5. The van der Waals surface area contributed by atoms with Crippen LogP contribution in [-0.2, 0) is 6.42 Å². The van der Waals surface area contributed by atoms with Crippen molar-refractivity contribution in [2.24, 2.45) is 10.7 Å². The number of aromatic nitrogens is 2. The Morgan fingerprint density at radius 3 is 2.41 bits per heavy atom. The second kappa shape index (κ2) is 9.22. The highest BCUT2D eigenvalue weighted by atomic mass is 15.2. The molecule has 32 heavy (non-hydrogen) atoms. The summed E-state index contributed by atoms with van der Waals surface area (Å²) >= 11 is 0. The molecule has 7 nitrogen and oxygen atoms in total. The number of aliphatic imine (C=N–C) groups is 1. The largest absolute Gasteiger partial charge is 0.387 e. The van der Waals surface area contributed by atoms with E-state index in [1.807, 2.05) is 12.3 Å². The lowest BCUT2D eigenvalue weighted by molar-refractivity contribution is 0.291. The van der Waals surface area contributed by atoms with E-state index in [2.05, 4.69) is 62.5 Å². The number of anilines is 1. The normalized spacial score (nSPS) is 18.3. The van der Waals surface area contributed by atoms with Crippen molar-refractivity contribution < 1.29 is 0 Å². The highest BCUT2D eigenvalue weighted by Crippen LogP contribution is 2.32. The Morgan fingerprint density at radius 1 is 0.906 bits per heavy atom. The summed E-state index contributed by atoms with van der Waals surface area (Å²) in [6, 6.07) is 12.6. The molecule has 3 N–H and O–H groups in total. The molecule has 0 atom stereocenters. The molecule has 4 heterocycles. The van der Waals surface area contributed by atoms with Gasteiger partial charge >= 0.3 is 0 Å². The first-order valence-electron chi connectivity index (χ1n) is 11.5. The number of nitrogens with two attached hydrogens (primary N) is 1. The molecule has 2 saturated heterocycles. The van der Waals surface area contributed by atoms with Gasteiger partial charge in [0, 0.05) is 45.7 Å². The molecule has 3 aromatic rings. The summed E-state index contributed by atoms with van der Waals surface area (Å²) in [5, 5.41) is 3.27. The number of nitrogens with one attached hydrogen (secondary N) is 1. The summed E-state index contributed by atoms with van der Waals surface area (Å²) in [5.74, 6) is 1.67. The Hall–Kier alpha value is -3.03. The molecule has 0 unspecified atom stereocenters. The van der Waals surface area contributed by atoms with Crippen molar-refractivity contribution in [3.8, 4) is 11.1 Å². The van der Waals surface area contributed by atoms with Gasteiger partial charge in [0.05, 0.1) is 22.9 Å². The van der Waals surface area contributed by atoms with Gasteiger partial charge in [-0.1, -0.05) is 18.2 Å². The average molecular weight is 430 g/mol. The first-order chi connectivity index (χ1) is 15.7. The van der Waals surface area contributed by atoms with Crippen LogP contribution in [0, 0.1) is 0 Å². The fourth-order valence-corrected chi connectivity index (χ4v) is 4.44. The van der Waals surface area contributed by atoms with Gasteiger partial charge in [-0.05, 0) is 54.8 Å². The van der Waals surface area contributed by atoms with Crippen LogP contribution < -0.4 is 16.0 Å². The van der Waals surface area contributed by atoms with Crippen molar-refractivity contribution in [2.45, 2.75) is 19.3 Å². The van der Waals surface area contributed by atoms with E-state index in [0.717, 1.165) is 66.3 Å². The Balaban J connectivity index is 0.000000265. The number of fused-ring (bicyclic) bond motifs is 2. The molecule has 0 saturated carbocycles. The van der Waals surface area contributed by atoms with E-state index in [-0.39, 0.29) is 0 Å². The highest BCUT2D eigenvalue weighted by Gasteiger charge is 2.15. The lowest BCUT2D eigenvalue weighted by Crippen LogP contribution is -2.40. The van der Waals surface area contributed by atoms with Gasteiger partial charge in [0.15, 0.2) is 0 Å². The van der Waals surface area contributed by atoms with E-state index in [1.54, 1.807) is 0 Å². The zero-order valence-corrected chi connectivity index (χ0v) is 18.7. The van der Waals surface area contributed by atoms with E-state index in [9.17, 15) is 0 Å². The summed E-state index contributed by atoms with van der Waals surface area (Å²) in [6.07, 6.45) is 5.11. The topological polar surface area (TPSA) is 82.7 Å². The maximum Gasteiger partial charge on any atom is 0.147 e. The zero-order chi connectivity index (χ0) is 21.9.